The lowest BCUT2D eigenvalue weighted by atomic mass is 10.1. The summed E-state index contributed by atoms with van der Waals surface area (Å²) in [5, 5.41) is 7.80. The zero-order valence-corrected chi connectivity index (χ0v) is 15.9. The Morgan fingerprint density at radius 3 is 2.43 bits per heavy atom. The lowest BCUT2D eigenvalue weighted by Crippen LogP contribution is -2.14. The van der Waals surface area contributed by atoms with Crippen LogP contribution in [0.15, 0.2) is 48.5 Å². The normalized spacial score (nSPS) is 11.5. The minimum absolute atomic E-state index is 0.134. The van der Waals surface area contributed by atoms with E-state index in [1.165, 1.54) is 0 Å². The number of hydrogen-bond acceptors (Lipinski definition) is 2. The average Bonchev–Trinajstić information content (AvgIpc) is 2.88. The summed E-state index contributed by atoms with van der Waals surface area (Å²) < 4.78 is 39.7. The highest BCUT2D eigenvalue weighted by Crippen LogP contribution is 2.29. The maximum atomic E-state index is 12.7. The molecule has 146 valence electrons. The highest BCUT2D eigenvalue weighted by Gasteiger charge is 2.30. The summed E-state index contributed by atoms with van der Waals surface area (Å²) in [4.78, 5) is 12.4. The van der Waals surface area contributed by atoms with E-state index >= 15 is 0 Å². The van der Waals surface area contributed by atoms with E-state index in [9.17, 15) is 18.0 Å². The van der Waals surface area contributed by atoms with Gasteiger partial charge in [-0.25, -0.2) is 0 Å². The standard InChI is InChI=1S/C20H17ClF3N3O/c1-12-18(13(2)27(26-12)11-14-4-3-5-17(21)10-14)25-19(28)15-6-8-16(9-7-15)20(22,23)24/h3-10H,11H2,1-2H3,(H,25,28). The van der Waals surface area contributed by atoms with Gasteiger partial charge in [-0.3, -0.25) is 9.48 Å². The number of nitrogens with one attached hydrogen (secondary N) is 1. The number of halogens is 4. The van der Waals surface area contributed by atoms with Gasteiger partial charge in [-0.1, -0.05) is 23.7 Å². The second-order valence-corrected chi connectivity index (χ2v) is 6.80. The first-order valence-electron chi connectivity index (χ1n) is 8.42. The highest BCUT2D eigenvalue weighted by molar-refractivity contribution is 6.30. The molecule has 0 aliphatic heterocycles. The van der Waals surface area contributed by atoms with E-state index < -0.39 is 17.6 Å². The number of nitrogens with zero attached hydrogens (tertiary/aromatic N) is 2. The Kier molecular flexibility index (Phi) is 5.47. The van der Waals surface area contributed by atoms with Crippen LogP contribution < -0.4 is 5.32 Å². The molecule has 4 nitrogen and oxygen atoms in total. The average molecular weight is 408 g/mol. The second-order valence-electron chi connectivity index (χ2n) is 6.36. The zero-order chi connectivity index (χ0) is 20.5. The Labute approximate surface area is 164 Å². The summed E-state index contributed by atoms with van der Waals surface area (Å²) in [7, 11) is 0. The van der Waals surface area contributed by atoms with Gasteiger partial charge in [-0.2, -0.15) is 18.3 Å². The lowest BCUT2D eigenvalue weighted by Gasteiger charge is -2.09. The number of carbonyl (C=O) groups excluding carboxylic acids is 1. The molecule has 3 aromatic rings. The Bertz CT molecular complexity index is 1010. The maximum Gasteiger partial charge on any atom is 0.416 e. The maximum absolute atomic E-state index is 12.7. The van der Waals surface area contributed by atoms with Crippen molar-refractivity contribution in [2.24, 2.45) is 0 Å². The molecule has 0 fully saturated rings. The summed E-state index contributed by atoms with van der Waals surface area (Å²) >= 11 is 6.01. The molecule has 8 heteroatoms. The van der Waals surface area contributed by atoms with Crippen molar-refractivity contribution in [2.45, 2.75) is 26.6 Å². The van der Waals surface area contributed by atoms with Crippen molar-refractivity contribution in [1.82, 2.24) is 9.78 Å². The zero-order valence-electron chi connectivity index (χ0n) is 15.1. The van der Waals surface area contributed by atoms with Crippen molar-refractivity contribution in [1.29, 1.82) is 0 Å². The molecular formula is C20H17ClF3N3O. The van der Waals surface area contributed by atoms with Crippen molar-refractivity contribution >= 4 is 23.2 Å². The molecule has 3 rings (SSSR count). The van der Waals surface area contributed by atoms with Gasteiger partial charge in [0.15, 0.2) is 0 Å². The predicted molar refractivity (Wildman–Crippen MR) is 102 cm³/mol. The van der Waals surface area contributed by atoms with Crippen molar-refractivity contribution in [3.63, 3.8) is 0 Å². The van der Waals surface area contributed by atoms with E-state index in [1.807, 2.05) is 25.1 Å². The molecule has 1 aromatic heterocycles. The van der Waals surface area contributed by atoms with Crippen molar-refractivity contribution in [2.75, 3.05) is 5.32 Å². The topological polar surface area (TPSA) is 46.9 Å². The van der Waals surface area contributed by atoms with Crippen LogP contribution >= 0.6 is 11.6 Å². The molecule has 1 amide bonds. The Balaban J connectivity index is 1.79. The first kappa shape index (κ1) is 19.9. The summed E-state index contributed by atoms with van der Waals surface area (Å²) in [5.41, 5.74) is 2.17. The van der Waals surface area contributed by atoms with E-state index in [2.05, 4.69) is 10.4 Å². The van der Waals surface area contributed by atoms with Crippen LogP contribution in [-0.4, -0.2) is 15.7 Å². The number of rotatable bonds is 4. The molecule has 0 aliphatic rings. The predicted octanol–water partition coefficient (Wildman–Crippen LogP) is 5.47. The molecule has 0 bridgehead atoms. The molecule has 0 radical (unpaired) electrons. The minimum Gasteiger partial charge on any atom is -0.319 e. The SMILES string of the molecule is Cc1nn(Cc2cccc(Cl)c2)c(C)c1NC(=O)c1ccc(C(F)(F)F)cc1. The fourth-order valence-corrected chi connectivity index (χ4v) is 3.05. The van der Waals surface area contributed by atoms with Gasteiger partial charge in [-0.15, -0.1) is 0 Å². The number of anilines is 1. The van der Waals surface area contributed by atoms with E-state index in [0.717, 1.165) is 35.5 Å². The number of aromatic nitrogens is 2. The number of aryl methyl sites for hydroxylation is 1. The van der Waals surface area contributed by atoms with Crippen molar-refractivity contribution < 1.29 is 18.0 Å². The van der Waals surface area contributed by atoms with Gasteiger partial charge in [0.25, 0.3) is 5.91 Å². The molecular weight excluding hydrogens is 391 g/mol. The van der Waals surface area contributed by atoms with Gasteiger partial charge >= 0.3 is 6.18 Å². The lowest BCUT2D eigenvalue weighted by molar-refractivity contribution is -0.137. The van der Waals surface area contributed by atoms with E-state index in [4.69, 9.17) is 11.6 Å². The summed E-state index contributed by atoms with van der Waals surface area (Å²) in [6, 6.07) is 11.5. The van der Waals surface area contributed by atoms with Gasteiger partial charge < -0.3 is 5.32 Å². The Morgan fingerprint density at radius 1 is 1.14 bits per heavy atom. The molecule has 2 aromatic carbocycles. The van der Waals surface area contributed by atoms with Crippen molar-refractivity contribution in [3.05, 3.63) is 81.6 Å². The van der Waals surface area contributed by atoms with Crippen LogP contribution in [0.4, 0.5) is 18.9 Å². The molecule has 0 unspecified atom stereocenters. The molecule has 0 saturated carbocycles. The summed E-state index contributed by atoms with van der Waals surface area (Å²) in [5.74, 6) is -0.498. The van der Waals surface area contributed by atoms with Crippen molar-refractivity contribution in [3.8, 4) is 0 Å². The molecule has 0 atom stereocenters. The first-order chi connectivity index (χ1) is 13.1. The van der Waals surface area contributed by atoms with Crippen LogP contribution in [0.1, 0.15) is 32.9 Å². The molecule has 0 saturated heterocycles. The number of amides is 1. The first-order valence-corrected chi connectivity index (χ1v) is 8.80. The molecule has 0 spiro atoms. The van der Waals surface area contributed by atoms with E-state index in [0.29, 0.717) is 22.9 Å². The summed E-state index contributed by atoms with van der Waals surface area (Å²) in [6.45, 7) is 4.04. The fourth-order valence-electron chi connectivity index (χ4n) is 2.84. The van der Waals surface area contributed by atoms with Gasteiger partial charge in [-0.05, 0) is 55.8 Å². The smallest absolute Gasteiger partial charge is 0.319 e. The molecule has 1 heterocycles. The second kappa shape index (κ2) is 7.67. The summed E-state index contributed by atoms with van der Waals surface area (Å²) in [6.07, 6.45) is -4.44. The highest BCUT2D eigenvalue weighted by atomic mass is 35.5. The van der Waals surface area contributed by atoms with E-state index in [-0.39, 0.29) is 5.56 Å². The number of benzene rings is 2. The minimum atomic E-state index is -4.44. The third kappa shape index (κ3) is 4.36. The van der Waals surface area contributed by atoms with Crippen LogP contribution in [0.3, 0.4) is 0 Å². The van der Waals surface area contributed by atoms with Crippen LogP contribution in [0.25, 0.3) is 0 Å². The Hall–Kier alpha value is -2.80. The fraction of sp³-hybridized carbons (Fsp3) is 0.200. The number of alkyl halides is 3. The van der Waals surface area contributed by atoms with Crippen LogP contribution in [0.2, 0.25) is 5.02 Å². The van der Waals surface area contributed by atoms with Gasteiger partial charge in [0.05, 0.1) is 29.2 Å². The Morgan fingerprint density at radius 2 is 1.82 bits per heavy atom. The number of carbonyl (C=O) groups is 1. The third-order valence-electron chi connectivity index (χ3n) is 4.32. The van der Waals surface area contributed by atoms with Gasteiger partial charge in [0, 0.05) is 10.6 Å². The van der Waals surface area contributed by atoms with Crippen LogP contribution in [0.5, 0.6) is 0 Å². The third-order valence-corrected chi connectivity index (χ3v) is 4.55. The molecule has 0 aliphatic carbocycles. The molecule has 28 heavy (non-hydrogen) atoms. The quantitative estimate of drug-likeness (QED) is 0.623. The van der Waals surface area contributed by atoms with E-state index in [1.54, 1.807) is 17.7 Å². The monoisotopic (exact) mass is 407 g/mol. The van der Waals surface area contributed by atoms with Crippen LogP contribution in [0, 0.1) is 13.8 Å². The van der Waals surface area contributed by atoms with Gasteiger partial charge in [0.2, 0.25) is 0 Å². The molecule has 1 N–H and O–H groups in total. The van der Waals surface area contributed by atoms with Gasteiger partial charge in [0.1, 0.15) is 0 Å². The van der Waals surface area contributed by atoms with Crippen LogP contribution in [-0.2, 0) is 12.7 Å². The largest absolute Gasteiger partial charge is 0.416 e. The number of hydrogen-bond donors (Lipinski definition) is 1.